The van der Waals surface area contributed by atoms with Crippen LogP contribution in [0.5, 0.6) is 5.75 Å². The normalized spacial score (nSPS) is 17.9. The number of carbonyl (C=O) groups excluding carboxylic acids is 1. The van der Waals surface area contributed by atoms with E-state index in [1.807, 2.05) is 17.0 Å². The van der Waals surface area contributed by atoms with Crippen LogP contribution in [0.15, 0.2) is 16.6 Å². The summed E-state index contributed by atoms with van der Waals surface area (Å²) in [5.74, 6) is 0.841. The van der Waals surface area contributed by atoms with E-state index in [-0.39, 0.29) is 12.5 Å². The molecular formula is C11H11BrN4O2. The molecule has 0 aromatic heterocycles. The first-order valence-corrected chi connectivity index (χ1v) is 6.30. The minimum Gasteiger partial charge on any atom is -0.482 e. The lowest BCUT2D eigenvalue weighted by Gasteiger charge is -2.23. The Morgan fingerprint density at radius 3 is 3.00 bits per heavy atom. The third-order valence-corrected chi connectivity index (χ3v) is 3.51. The minimum atomic E-state index is -0.162. The number of rotatable bonds is 1. The molecule has 1 amide bonds. The molecule has 0 aliphatic carbocycles. The summed E-state index contributed by atoms with van der Waals surface area (Å²) in [6.07, 6.45) is 0. The van der Waals surface area contributed by atoms with Crippen LogP contribution in [0.3, 0.4) is 0 Å². The highest BCUT2D eigenvalue weighted by atomic mass is 79.9. The molecular weight excluding hydrogens is 300 g/mol. The van der Waals surface area contributed by atoms with Crippen LogP contribution in [0.1, 0.15) is 0 Å². The minimum absolute atomic E-state index is 0.0415. The zero-order valence-corrected chi connectivity index (χ0v) is 11.0. The van der Waals surface area contributed by atoms with E-state index in [0.29, 0.717) is 17.4 Å². The van der Waals surface area contributed by atoms with Gasteiger partial charge in [0.25, 0.3) is 5.91 Å². The fourth-order valence-corrected chi connectivity index (χ4v) is 2.57. The number of guanidine groups is 1. The lowest BCUT2D eigenvalue weighted by Crippen LogP contribution is -2.30. The zero-order valence-electron chi connectivity index (χ0n) is 9.42. The summed E-state index contributed by atoms with van der Waals surface area (Å²) in [5, 5.41) is 13.5. The summed E-state index contributed by atoms with van der Waals surface area (Å²) >= 11 is 3.47. The molecule has 3 rings (SSSR count). The van der Waals surface area contributed by atoms with Crippen molar-refractivity contribution in [2.24, 2.45) is 0 Å². The molecule has 0 spiro atoms. The van der Waals surface area contributed by atoms with Crippen LogP contribution in [-0.4, -0.2) is 31.6 Å². The molecule has 2 aliphatic heterocycles. The number of benzene rings is 1. The lowest BCUT2D eigenvalue weighted by atomic mass is 10.2. The van der Waals surface area contributed by atoms with E-state index in [2.05, 4.69) is 26.6 Å². The molecule has 2 aliphatic rings. The van der Waals surface area contributed by atoms with Gasteiger partial charge >= 0.3 is 0 Å². The number of ether oxygens (including phenoxy) is 1. The number of hydrogen-bond acceptors (Lipinski definition) is 3. The van der Waals surface area contributed by atoms with Crippen LogP contribution in [0.2, 0.25) is 0 Å². The molecule has 7 heteroatoms. The van der Waals surface area contributed by atoms with Gasteiger partial charge in [0.1, 0.15) is 5.75 Å². The summed E-state index contributed by atoms with van der Waals surface area (Å²) < 4.78 is 6.17. The van der Waals surface area contributed by atoms with Gasteiger partial charge in [-0.05, 0) is 28.1 Å². The first-order chi connectivity index (χ1) is 8.65. The number of hydrogen-bond donors (Lipinski definition) is 3. The maximum atomic E-state index is 11.3. The van der Waals surface area contributed by atoms with Gasteiger partial charge in [0.2, 0.25) is 0 Å². The molecule has 0 saturated carbocycles. The van der Waals surface area contributed by atoms with Crippen molar-refractivity contribution in [1.29, 1.82) is 5.41 Å². The van der Waals surface area contributed by atoms with E-state index in [9.17, 15) is 4.79 Å². The molecule has 0 unspecified atom stereocenters. The van der Waals surface area contributed by atoms with E-state index < -0.39 is 0 Å². The Labute approximate surface area is 112 Å². The highest BCUT2D eigenvalue weighted by Gasteiger charge is 2.24. The number of nitrogens with one attached hydrogen (secondary N) is 3. The number of amides is 1. The maximum absolute atomic E-state index is 11.3. The van der Waals surface area contributed by atoms with Crippen molar-refractivity contribution in [3.05, 3.63) is 16.6 Å². The number of nitrogens with zero attached hydrogens (tertiary/aromatic N) is 1. The molecule has 18 heavy (non-hydrogen) atoms. The van der Waals surface area contributed by atoms with Gasteiger partial charge in [0, 0.05) is 17.6 Å². The first-order valence-electron chi connectivity index (χ1n) is 5.51. The summed E-state index contributed by atoms with van der Waals surface area (Å²) in [4.78, 5) is 13.1. The highest BCUT2D eigenvalue weighted by molar-refractivity contribution is 9.10. The Morgan fingerprint density at radius 2 is 2.28 bits per heavy atom. The van der Waals surface area contributed by atoms with E-state index in [1.165, 1.54) is 0 Å². The highest BCUT2D eigenvalue weighted by Crippen LogP contribution is 2.38. The molecule has 0 radical (unpaired) electrons. The van der Waals surface area contributed by atoms with E-state index >= 15 is 0 Å². The van der Waals surface area contributed by atoms with Gasteiger partial charge < -0.3 is 20.3 Å². The zero-order chi connectivity index (χ0) is 12.7. The molecule has 2 heterocycles. The predicted molar refractivity (Wildman–Crippen MR) is 71.3 cm³/mol. The SMILES string of the molecule is N=C1NCCN1c1cc2c(cc1Br)OCC(=O)N2. The van der Waals surface area contributed by atoms with Gasteiger partial charge in [-0.25, -0.2) is 0 Å². The van der Waals surface area contributed by atoms with E-state index in [4.69, 9.17) is 10.1 Å². The largest absolute Gasteiger partial charge is 0.482 e. The standard InChI is InChI=1S/C11H11BrN4O2/c12-6-3-9-7(15-10(17)5-18-9)4-8(6)16-2-1-14-11(16)13/h3-4H,1-2,5H2,(H2,13,14)(H,15,17). The molecule has 1 fully saturated rings. The topological polar surface area (TPSA) is 77.5 Å². The van der Waals surface area contributed by atoms with Crippen molar-refractivity contribution in [3.63, 3.8) is 0 Å². The number of fused-ring (bicyclic) bond motifs is 1. The van der Waals surface area contributed by atoms with Crippen LogP contribution in [0.25, 0.3) is 0 Å². The van der Waals surface area contributed by atoms with E-state index in [1.54, 1.807) is 0 Å². The second kappa shape index (κ2) is 4.16. The van der Waals surface area contributed by atoms with Gasteiger partial charge in [-0.2, -0.15) is 0 Å². The second-order valence-electron chi connectivity index (χ2n) is 4.06. The fourth-order valence-electron chi connectivity index (χ4n) is 2.03. The van der Waals surface area contributed by atoms with Crippen molar-refractivity contribution in [2.75, 3.05) is 29.9 Å². The average molecular weight is 311 g/mol. The predicted octanol–water partition coefficient (Wildman–Crippen LogP) is 1.12. The monoisotopic (exact) mass is 310 g/mol. The van der Waals surface area contributed by atoms with Crippen molar-refractivity contribution < 1.29 is 9.53 Å². The van der Waals surface area contributed by atoms with Crippen molar-refractivity contribution in [2.45, 2.75) is 0 Å². The fraction of sp³-hybridized carbons (Fsp3) is 0.273. The molecule has 0 bridgehead atoms. The van der Waals surface area contributed by atoms with Gasteiger partial charge in [-0.1, -0.05) is 0 Å². The van der Waals surface area contributed by atoms with Crippen LogP contribution >= 0.6 is 15.9 Å². The molecule has 0 atom stereocenters. The summed E-state index contributed by atoms with van der Waals surface area (Å²) in [6.45, 7) is 1.51. The third kappa shape index (κ3) is 1.80. The number of halogens is 1. The number of anilines is 2. The van der Waals surface area contributed by atoms with Crippen LogP contribution in [0.4, 0.5) is 11.4 Å². The van der Waals surface area contributed by atoms with Crippen molar-refractivity contribution in [1.82, 2.24) is 5.32 Å². The van der Waals surface area contributed by atoms with Crippen LogP contribution in [0, 0.1) is 5.41 Å². The smallest absolute Gasteiger partial charge is 0.262 e. The second-order valence-corrected chi connectivity index (χ2v) is 4.92. The molecule has 6 nitrogen and oxygen atoms in total. The molecule has 94 valence electrons. The van der Waals surface area contributed by atoms with Gasteiger partial charge in [-0.3, -0.25) is 10.2 Å². The Kier molecular flexibility index (Phi) is 2.62. The Bertz CT molecular complexity index is 546. The molecule has 1 aromatic carbocycles. The van der Waals surface area contributed by atoms with Gasteiger partial charge in [0.15, 0.2) is 12.6 Å². The Balaban J connectivity index is 2.02. The molecule has 1 aromatic rings. The third-order valence-electron chi connectivity index (χ3n) is 2.87. The Hall–Kier alpha value is -1.76. The molecule has 1 saturated heterocycles. The van der Waals surface area contributed by atoms with Crippen LogP contribution in [-0.2, 0) is 4.79 Å². The van der Waals surface area contributed by atoms with Crippen molar-refractivity contribution >= 4 is 39.2 Å². The number of carbonyl (C=O) groups is 1. The molecule has 3 N–H and O–H groups in total. The van der Waals surface area contributed by atoms with Crippen LogP contribution < -0.4 is 20.3 Å². The van der Waals surface area contributed by atoms with Crippen molar-refractivity contribution in [3.8, 4) is 5.75 Å². The summed E-state index contributed by atoms with van der Waals surface area (Å²) in [7, 11) is 0. The quantitative estimate of drug-likeness (QED) is 0.726. The summed E-state index contributed by atoms with van der Waals surface area (Å²) in [6, 6.07) is 3.63. The Morgan fingerprint density at radius 1 is 1.44 bits per heavy atom. The van der Waals surface area contributed by atoms with Gasteiger partial charge in [-0.15, -0.1) is 0 Å². The first kappa shape index (κ1) is 11.3. The maximum Gasteiger partial charge on any atom is 0.262 e. The lowest BCUT2D eigenvalue weighted by molar-refractivity contribution is -0.118. The van der Waals surface area contributed by atoms with E-state index in [0.717, 1.165) is 23.2 Å². The summed E-state index contributed by atoms with van der Waals surface area (Å²) in [5.41, 5.74) is 1.48. The average Bonchev–Trinajstić information content (AvgIpc) is 2.75. The van der Waals surface area contributed by atoms with Gasteiger partial charge in [0.05, 0.1) is 11.4 Å².